The third-order valence-corrected chi connectivity index (χ3v) is 8.29. The monoisotopic (exact) mass is 696 g/mol. The first kappa shape index (κ1) is 36.4. The van der Waals surface area contributed by atoms with Crippen molar-refractivity contribution in [2.45, 2.75) is 62.1 Å². The second-order valence-electron chi connectivity index (χ2n) is 10.8. The lowest BCUT2D eigenvalue weighted by atomic mass is 9.90. The summed E-state index contributed by atoms with van der Waals surface area (Å²) in [6.45, 7) is 1.69. The highest BCUT2D eigenvalue weighted by Crippen LogP contribution is 2.51. The van der Waals surface area contributed by atoms with Gasteiger partial charge in [0.1, 0.15) is 30.1 Å². The van der Waals surface area contributed by atoms with Gasteiger partial charge in [-0.1, -0.05) is 55.8 Å². The van der Waals surface area contributed by atoms with Gasteiger partial charge in [0.2, 0.25) is 0 Å². The lowest BCUT2D eigenvalue weighted by Gasteiger charge is -2.33. The van der Waals surface area contributed by atoms with Gasteiger partial charge in [0.05, 0.1) is 4.90 Å². The first-order chi connectivity index (χ1) is 22.5. The molecule has 0 atom stereocenters. The Morgan fingerprint density at radius 2 is 1.46 bits per heavy atom. The zero-order chi connectivity index (χ0) is 35.3. The van der Waals surface area contributed by atoms with E-state index in [1.54, 1.807) is 37.3 Å². The summed E-state index contributed by atoms with van der Waals surface area (Å²) in [4.78, 5) is 10.7. The molecule has 256 valence electrons. The Hall–Kier alpha value is -4.40. The van der Waals surface area contributed by atoms with E-state index in [0.717, 1.165) is 11.6 Å². The molecule has 0 bridgehead atoms. The van der Waals surface area contributed by atoms with E-state index in [1.165, 1.54) is 36.4 Å². The number of hydrogen-bond acceptors (Lipinski definition) is 6. The van der Waals surface area contributed by atoms with Gasteiger partial charge in [-0.3, -0.25) is 4.55 Å². The van der Waals surface area contributed by atoms with Crippen molar-refractivity contribution in [3.63, 3.8) is 0 Å². The molecule has 48 heavy (non-hydrogen) atoms. The van der Waals surface area contributed by atoms with Gasteiger partial charge in [-0.05, 0) is 71.5 Å². The Morgan fingerprint density at radius 1 is 0.771 bits per heavy atom. The number of carbonyl (C=O) groups is 1. The maximum atomic E-state index is 13.6. The summed E-state index contributed by atoms with van der Waals surface area (Å²) < 4.78 is 127. The minimum atomic E-state index is -6.06. The zero-order valence-electron chi connectivity index (χ0n) is 25.3. The molecule has 4 aromatic carbocycles. The highest BCUT2D eigenvalue weighted by Gasteiger charge is 2.71. The van der Waals surface area contributed by atoms with E-state index < -0.39 is 38.5 Å². The molecule has 0 saturated heterocycles. The van der Waals surface area contributed by atoms with Crippen LogP contribution in [0.2, 0.25) is 0 Å². The van der Waals surface area contributed by atoms with Crippen LogP contribution >= 0.6 is 0 Å². The topological polar surface area (TPSA) is 110 Å². The third-order valence-electron chi connectivity index (χ3n) is 7.44. The van der Waals surface area contributed by atoms with Crippen molar-refractivity contribution in [3.05, 3.63) is 107 Å². The van der Waals surface area contributed by atoms with Crippen LogP contribution in [0, 0.1) is 0 Å². The molecule has 0 aliphatic carbocycles. The Bertz CT molecular complexity index is 1840. The molecule has 4 aromatic rings. The number of alkyl halides is 6. The first-order valence-electron chi connectivity index (χ1n) is 14.5. The summed E-state index contributed by atoms with van der Waals surface area (Å²) in [5, 5.41) is 9.92. The number of carbonyl (C=O) groups excluding carboxylic acids is 1. The molecule has 0 fully saturated rings. The lowest BCUT2D eigenvalue weighted by molar-refractivity contribution is -0.376. The fraction of sp³-hybridized carbons (Fsp3) is 0.265. The highest BCUT2D eigenvalue weighted by molar-refractivity contribution is 7.85. The quantitative estimate of drug-likeness (QED) is 0.0821. The summed E-state index contributed by atoms with van der Waals surface area (Å²) in [7, 11) is -4.62. The van der Waals surface area contributed by atoms with E-state index in [0.29, 0.717) is 41.5 Å². The summed E-state index contributed by atoms with van der Waals surface area (Å²) in [5.74, 6) is 0.136. The molecule has 2 N–H and O–H groups in total. The molecule has 4 rings (SSSR count). The Kier molecular flexibility index (Phi) is 10.9. The van der Waals surface area contributed by atoms with Gasteiger partial charge in [-0.15, -0.1) is 0 Å². The average Bonchev–Trinajstić information content (AvgIpc) is 3.02. The van der Waals surface area contributed by atoms with Crippen molar-refractivity contribution in [2.24, 2.45) is 0 Å². The van der Waals surface area contributed by atoms with Crippen LogP contribution in [0.3, 0.4) is 0 Å². The molecule has 0 unspecified atom stereocenters. The number of aliphatic hydroxyl groups is 1. The molecular formula is C34H30F6O7S. The largest absolute Gasteiger partial charge is 0.488 e. The molecule has 0 spiro atoms. The van der Waals surface area contributed by atoms with Crippen LogP contribution in [0.15, 0.2) is 89.8 Å². The van der Waals surface area contributed by atoms with Crippen LogP contribution in [0.4, 0.5) is 26.3 Å². The number of benzene rings is 4. The molecular weight excluding hydrogens is 666 g/mol. The van der Waals surface area contributed by atoms with E-state index in [-0.39, 0.29) is 48.7 Å². The molecule has 0 amide bonds. The second kappa shape index (κ2) is 14.4. The molecule has 0 aromatic heterocycles. The number of aldehydes is 1. The van der Waals surface area contributed by atoms with Crippen LogP contribution in [0.1, 0.15) is 42.0 Å². The summed E-state index contributed by atoms with van der Waals surface area (Å²) in [5.41, 5.74) is -4.60. The standard InChI is InChI=1S/C34H30F6O7S/c1-2-7-24-18-25(32(42,33(35,36)37)34(38,39)40)12-16-30(24)47-26-13-15-28(31(19-26)46-21-22-8-4-3-5-9-22)29-20-27(48(43,44)45)14-11-23(29)10-6-17-41/h3-5,8-9,11-20,42H,2,6-7,10,21H2,1H3,(H,43,44,45). The van der Waals surface area contributed by atoms with Crippen molar-refractivity contribution in [3.8, 4) is 28.4 Å². The SMILES string of the molecule is CCCc1cc(C(O)(C(F)(F)F)C(F)(F)F)ccc1Oc1ccc(-c2cc(S(=O)(=O)O)ccc2CCC=O)c(OCc2ccccc2)c1. The Labute approximate surface area is 272 Å². The normalized spacial score (nSPS) is 12.5. The van der Waals surface area contributed by atoms with Gasteiger partial charge in [-0.2, -0.15) is 34.8 Å². The van der Waals surface area contributed by atoms with Gasteiger partial charge in [-0.25, -0.2) is 0 Å². The van der Waals surface area contributed by atoms with Crippen molar-refractivity contribution >= 4 is 16.4 Å². The van der Waals surface area contributed by atoms with Crippen molar-refractivity contribution in [1.82, 2.24) is 0 Å². The number of hydrogen-bond donors (Lipinski definition) is 2. The van der Waals surface area contributed by atoms with E-state index in [9.17, 15) is 49.2 Å². The molecule has 0 heterocycles. The average molecular weight is 697 g/mol. The lowest BCUT2D eigenvalue weighted by Crippen LogP contribution is -2.53. The maximum Gasteiger partial charge on any atom is 0.430 e. The summed E-state index contributed by atoms with van der Waals surface area (Å²) in [6.07, 6.45) is -10.8. The van der Waals surface area contributed by atoms with Crippen LogP contribution in [0.5, 0.6) is 17.2 Å². The van der Waals surface area contributed by atoms with Crippen LogP contribution < -0.4 is 9.47 Å². The van der Waals surface area contributed by atoms with Gasteiger partial charge >= 0.3 is 12.4 Å². The minimum absolute atomic E-state index is 0.00688. The van der Waals surface area contributed by atoms with Gasteiger partial charge < -0.3 is 19.4 Å². The fourth-order valence-electron chi connectivity index (χ4n) is 5.03. The predicted molar refractivity (Wildman–Crippen MR) is 163 cm³/mol. The molecule has 0 saturated carbocycles. The Balaban J connectivity index is 1.83. The van der Waals surface area contributed by atoms with E-state index in [4.69, 9.17) is 9.47 Å². The fourth-order valence-corrected chi connectivity index (χ4v) is 5.53. The maximum absolute atomic E-state index is 13.6. The smallest absolute Gasteiger partial charge is 0.430 e. The van der Waals surface area contributed by atoms with Crippen molar-refractivity contribution < 1.29 is 58.7 Å². The Morgan fingerprint density at radius 3 is 2.06 bits per heavy atom. The van der Waals surface area contributed by atoms with Gasteiger partial charge in [0, 0.05) is 23.6 Å². The molecule has 7 nitrogen and oxygen atoms in total. The second-order valence-corrected chi connectivity index (χ2v) is 12.2. The number of aryl methyl sites for hydroxylation is 2. The van der Waals surface area contributed by atoms with Crippen molar-refractivity contribution in [2.75, 3.05) is 0 Å². The number of halogens is 6. The highest BCUT2D eigenvalue weighted by atomic mass is 32.2. The van der Waals surface area contributed by atoms with Gasteiger partial charge in [0.25, 0.3) is 15.7 Å². The number of rotatable bonds is 13. The minimum Gasteiger partial charge on any atom is -0.488 e. The molecule has 0 aliphatic heterocycles. The molecule has 0 radical (unpaired) electrons. The van der Waals surface area contributed by atoms with E-state index in [1.807, 2.05) is 0 Å². The summed E-state index contributed by atoms with van der Waals surface area (Å²) >= 11 is 0. The van der Waals surface area contributed by atoms with Gasteiger partial charge in [0.15, 0.2) is 0 Å². The molecule has 0 aliphatic rings. The predicted octanol–water partition coefficient (Wildman–Crippen LogP) is 8.37. The zero-order valence-corrected chi connectivity index (χ0v) is 26.1. The van der Waals surface area contributed by atoms with Crippen LogP contribution in [0.25, 0.3) is 11.1 Å². The van der Waals surface area contributed by atoms with E-state index in [2.05, 4.69) is 0 Å². The van der Waals surface area contributed by atoms with E-state index >= 15 is 0 Å². The third kappa shape index (κ3) is 8.00. The van der Waals surface area contributed by atoms with Crippen molar-refractivity contribution in [1.29, 1.82) is 0 Å². The molecule has 14 heteroatoms. The number of ether oxygens (including phenoxy) is 2. The van der Waals surface area contributed by atoms with Crippen LogP contribution in [-0.2, 0) is 40.0 Å². The first-order valence-corrected chi connectivity index (χ1v) is 16.0. The van der Waals surface area contributed by atoms with Crippen LogP contribution in [-0.4, -0.2) is 36.7 Å². The summed E-state index contributed by atoms with van der Waals surface area (Å²) in [6, 6.07) is 19.2.